The van der Waals surface area contributed by atoms with Crippen molar-refractivity contribution in [2.45, 2.75) is 39.3 Å². The lowest BCUT2D eigenvalue weighted by Gasteiger charge is -2.19. The molecule has 1 unspecified atom stereocenters. The minimum Gasteiger partial charge on any atom is -0.313 e. The summed E-state index contributed by atoms with van der Waals surface area (Å²) in [7, 11) is 1.84. The van der Waals surface area contributed by atoms with Gasteiger partial charge in [0.15, 0.2) is 0 Å². The van der Waals surface area contributed by atoms with Crippen LogP contribution in [0.3, 0.4) is 0 Å². The molecule has 2 aromatic rings. The Morgan fingerprint density at radius 3 is 2.75 bits per heavy atom. The average Bonchev–Trinajstić information content (AvgIpc) is 2.88. The molecule has 0 spiro atoms. The number of aromatic nitrogens is 3. The number of hydrogen-bond donors (Lipinski definition) is 1. The molecule has 1 aromatic heterocycles. The number of aryl methyl sites for hydroxylation is 1. The molecule has 0 fully saturated rings. The Kier molecular flexibility index (Phi) is 4.49. The lowest BCUT2D eigenvalue weighted by Crippen LogP contribution is -2.23. The van der Waals surface area contributed by atoms with Crippen LogP contribution in [0.2, 0.25) is 0 Å². The van der Waals surface area contributed by atoms with E-state index in [4.69, 9.17) is 0 Å². The highest BCUT2D eigenvalue weighted by molar-refractivity contribution is 5.28. The van der Waals surface area contributed by atoms with Gasteiger partial charge in [-0.2, -0.15) is 5.10 Å². The molecule has 20 heavy (non-hydrogen) atoms. The minimum atomic E-state index is -0.150. The third-order valence-corrected chi connectivity index (χ3v) is 3.47. The quantitative estimate of drug-likeness (QED) is 0.913. The lowest BCUT2D eigenvalue weighted by atomic mass is 10.0. The number of nitrogens with one attached hydrogen (secondary N) is 1. The molecule has 0 aliphatic heterocycles. The van der Waals surface area contributed by atoms with Gasteiger partial charge in [-0.1, -0.05) is 18.2 Å². The van der Waals surface area contributed by atoms with Crippen LogP contribution in [0.4, 0.5) is 4.39 Å². The first-order chi connectivity index (χ1) is 9.54. The third kappa shape index (κ3) is 2.88. The Labute approximate surface area is 119 Å². The van der Waals surface area contributed by atoms with Gasteiger partial charge in [0, 0.05) is 24.1 Å². The van der Waals surface area contributed by atoms with Gasteiger partial charge >= 0.3 is 0 Å². The summed E-state index contributed by atoms with van der Waals surface area (Å²) in [5.74, 6) is 0.711. The van der Waals surface area contributed by atoms with E-state index in [1.54, 1.807) is 19.3 Å². The maximum absolute atomic E-state index is 14.2. The van der Waals surface area contributed by atoms with Crippen LogP contribution in [0.25, 0.3) is 0 Å². The molecule has 2 rings (SSSR count). The van der Waals surface area contributed by atoms with Crippen molar-refractivity contribution in [2.75, 3.05) is 7.05 Å². The molecular weight excluding hydrogens is 255 g/mol. The van der Waals surface area contributed by atoms with Gasteiger partial charge in [-0.25, -0.2) is 14.1 Å². The van der Waals surface area contributed by atoms with Gasteiger partial charge in [0.2, 0.25) is 0 Å². The number of nitrogens with zero attached hydrogens (tertiary/aromatic N) is 3. The highest BCUT2D eigenvalue weighted by Gasteiger charge is 2.19. The third-order valence-electron chi connectivity index (χ3n) is 3.47. The van der Waals surface area contributed by atoms with Crippen molar-refractivity contribution >= 4 is 0 Å². The molecule has 5 heteroatoms. The van der Waals surface area contributed by atoms with Crippen LogP contribution >= 0.6 is 0 Å². The number of benzene rings is 1. The van der Waals surface area contributed by atoms with Crippen LogP contribution in [0.15, 0.2) is 24.5 Å². The summed E-state index contributed by atoms with van der Waals surface area (Å²) in [6.07, 6.45) is 2.16. The summed E-state index contributed by atoms with van der Waals surface area (Å²) in [6.45, 7) is 5.89. The van der Waals surface area contributed by atoms with Crippen molar-refractivity contribution in [3.05, 3.63) is 47.3 Å². The van der Waals surface area contributed by atoms with E-state index in [0.717, 1.165) is 5.82 Å². The Bertz CT molecular complexity index is 577. The summed E-state index contributed by atoms with van der Waals surface area (Å²) in [5, 5.41) is 7.39. The smallest absolute Gasteiger partial charge is 0.138 e. The van der Waals surface area contributed by atoms with Gasteiger partial charge in [0.05, 0.1) is 0 Å². The van der Waals surface area contributed by atoms with Crippen LogP contribution in [-0.2, 0) is 6.42 Å². The molecule has 0 saturated heterocycles. The molecule has 1 aromatic carbocycles. The first-order valence-corrected chi connectivity index (χ1v) is 6.85. The Hall–Kier alpha value is -1.75. The molecule has 1 N–H and O–H groups in total. The van der Waals surface area contributed by atoms with Crippen molar-refractivity contribution in [1.82, 2.24) is 20.1 Å². The molecule has 0 radical (unpaired) electrons. The average molecular weight is 276 g/mol. The van der Waals surface area contributed by atoms with Crippen molar-refractivity contribution in [3.63, 3.8) is 0 Å². The van der Waals surface area contributed by atoms with Crippen LogP contribution in [0, 0.1) is 12.7 Å². The van der Waals surface area contributed by atoms with Gasteiger partial charge in [-0.3, -0.25) is 0 Å². The SMILES string of the molecule is CNC(Cc1ncnn1C(C)C)c1cccc(C)c1F. The summed E-state index contributed by atoms with van der Waals surface area (Å²) < 4.78 is 16.1. The molecule has 0 aliphatic carbocycles. The van der Waals surface area contributed by atoms with E-state index in [9.17, 15) is 4.39 Å². The second-order valence-electron chi connectivity index (χ2n) is 5.24. The maximum Gasteiger partial charge on any atom is 0.138 e. The van der Waals surface area contributed by atoms with Crippen molar-refractivity contribution < 1.29 is 4.39 Å². The molecule has 4 nitrogen and oxygen atoms in total. The van der Waals surface area contributed by atoms with Gasteiger partial charge in [0.25, 0.3) is 0 Å². The molecule has 0 bridgehead atoms. The van der Waals surface area contributed by atoms with E-state index in [1.165, 1.54) is 0 Å². The number of likely N-dealkylation sites (N-methyl/N-ethyl adjacent to an activating group) is 1. The molecule has 108 valence electrons. The fourth-order valence-corrected chi connectivity index (χ4v) is 2.34. The molecule has 1 heterocycles. The predicted octanol–water partition coefficient (Wildman–Crippen LogP) is 2.81. The van der Waals surface area contributed by atoms with Crippen molar-refractivity contribution in [2.24, 2.45) is 0 Å². The zero-order valence-electron chi connectivity index (χ0n) is 12.4. The Morgan fingerprint density at radius 2 is 2.10 bits per heavy atom. The summed E-state index contributed by atoms with van der Waals surface area (Å²) in [6, 6.07) is 5.61. The minimum absolute atomic E-state index is 0.114. The van der Waals surface area contributed by atoms with Crippen molar-refractivity contribution in [3.8, 4) is 0 Å². The van der Waals surface area contributed by atoms with Gasteiger partial charge < -0.3 is 5.32 Å². The van der Waals surface area contributed by atoms with Crippen molar-refractivity contribution in [1.29, 1.82) is 0 Å². The van der Waals surface area contributed by atoms with Gasteiger partial charge in [-0.05, 0) is 33.4 Å². The van der Waals surface area contributed by atoms with E-state index in [2.05, 4.69) is 29.2 Å². The Balaban J connectivity index is 2.29. The second kappa shape index (κ2) is 6.13. The zero-order chi connectivity index (χ0) is 14.7. The van der Waals surface area contributed by atoms with E-state index >= 15 is 0 Å². The molecule has 0 amide bonds. The molecule has 1 atom stereocenters. The van der Waals surface area contributed by atoms with E-state index in [-0.39, 0.29) is 17.9 Å². The highest BCUT2D eigenvalue weighted by Crippen LogP contribution is 2.23. The first kappa shape index (κ1) is 14.7. The number of halogens is 1. The summed E-state index contributed by atoms with van der Waals surface area (Å²) >= 11 is 0. The van der Waals surface area contributed by atoms with Gasteiger partial charge in [-0.15, -0.1) is 0 Å². The maximum atomic E-state index is 14.2. The number of rotatable bonds is 5. The predicted molar refractivity (Wildman–Crippen MR) is 77.0 cm³/mol. The fourth-order valence-electron chi connectivity index (χ4n) is 2.34. The zero-order valence-corrected chi connectivity index (χ0v) is 12.4. The lowest BCUT2D eigenvalue weighted by molar-refractivity contribution is 0.468. The van der Waals surface area contributed by atoms with Crippen LogP contribution < -0.4 is 5.32 Å². The Morgan fingerprint density at radius 1 is 1.35 bits per heavy atom. The normalized spacial score (nSPS) is 12.9. The molecular formula is C15H21FN4. The van der Waals surface area contributed by atoms with Crippen LogP contribution in [-0.4, -0.2) is 21.8 Å². The highest BCUT2D eigenvalue weighted by atomic mass is 19.1. The van der Waals surface area contributed by atoms with E-state index in [1.807, 2.05) is 23.9 Å². The summed E-state index contributed by atoms with van der Waals surface area (Å²) in [4.78, 5) is 4.29. The summed E-state index contributed by atoms with van der Waals surface area (Å²) in [5.41, 5.74) is 1.33. The topological polar surface area (TPSA) is 42.7 Å². The largest absolute Gasteiger partial charge is 0.313 e. The standard InChI is InChI=1S/C15H21FN4/c1-10(2)20-14(18-9-19-20)8-13(17-4)12-7-5-6-11(3)15(12)16/h5-7,9-10,13,17H,8H2,1-4H3. The van der Waals surface area contributed by atoms with Gasteiger partial charge in [0.1, 0.15) is 18.0 Å². The monoisotopic (exact) mass is 276 g/mol. The van der Waals surface area contributed by atoms with Crippen LogP contribution in [0.5, 0.6) is 0 Å². The second-order valence-corrected chi connectivity index (χ2v) is 5.24. The van der Waals surface area contributed by atoms with E-state index < -0.39 is 0 Å². The first-order valence-electron chi connectivity index (χ1n) is 6.85. The van der Waals surface area contributed by atoms with E-state index in [0.29, 0.717) is 17.5 Å². The molecule has 0 aliphatic rings. The number of hydrogen-bond acceptors (Lipinski definition) is 3. The molecule has 0 saturated carbocycles. The fraction of sp³-hybridized carbons (Fsp3) is 0.467. The van der Waals surface area contributed by atoms with Crippen LogP contribution in [0.1, 0.15) is 42.9 Å².